The highest BCUT2D eigenvalue weighted by Gasteiger charge is 2.31. The lowest BCUT2D eigenvalue weighted by Crippen LogP contribution is -2.43. The third kappa shape index (κ3) is 3.81. The Bertz CT molecular complexity index is 1040. The van der Waals surface area contributed by atoms with Crippen LogP contribution in [-0.4, -0.2) is 56.9 Å². The summed E-state index contributed by atoms with van der Waals surface area (Å²) in [5.41, 5.74) is 2.07. The van der Waals surface area contributed by atoms with Gasteiger partial charge in [-0.2, -0.15) is 0 Å². The van der Waals surface area contributed by atoms with Crippen LogP contribution in [0.15, 0.2) is 15.9 Å². The second-order valence-electron chi connectivity index (χ2n) is 7.93. The van der Waals surface area contributed by atoms with E-state index in [1.54, 1.807) is 25.2 Å². The molecular weight excluding hydrogens is 372 g/mol. The van der Waals surface area contributed by atoms with Crippen LogP contribution in [0.5, 0.6) is 0 Å². The minimum Gasteiger partial charge on any atom is -0.352 e. The lowest BCUT2D eigenvalue weighted by atomic mass is 10.1. The zero-order chi connectivity index (χ0) is 20.5. The number of rotatable bonds is 5. The third-order valence-electron chi connectivity index (χ3n) is 5.99. The first-order valence-corrected chi connectivity index (χ1v) is 10.1. The van der Waals surface area contributed by atoms with Gasteiger partial charge in [-0.15, -0.1) is 0 Å². The molecule has 0 aromatic carbocycles. The van der Waals surface area contributed by atoms with Gasteiger partial charge in [0.25, 0.3) is 5.56 Å². The average molecular weight is 398 g/mol. The molecule has 1 aliphatic carbocycles. The minimum atomic E-state index is -0.559. The van der Waals surface area contributed by atoms with E-state index < -0.39 is 11.2 Å². The largest absolute Gasteiger partial charge is 0.352 e. The Labute approximate surface area is 168 Å². The number of anilines is 1. The van der Waals surface area contributed by atoms with Gasteiger partial charge in [-0.1, -0.05) is 0 Å². The van der Waals surface area contributed by atoms with Gasteiger partial charge >= 0.3 is 5.69 Å². The van der Waals surface area contributed by atoms with Crippen molar-refractivity contribution >= 4 is 11.7 Å². The molecule has 2 aromatic heterocycles. The fourth-order valence-electron chi connectivity index (χ4n) is 4.44. The Morgan fingerprint density at radius 3 is 2.86 bits per heavy atom. The summed E-state index contributed by atoms with van der Waals surface area (Å²) in [7, 11) is 1.76. The van der Waals surface area contributed by atoms with Crippen LogP contribution in [0.3, 0.4) is 0 Å². The van der Waals surface area contributed by atoms with Crippen molar-refractivity contribution in [2.75, 3.05) is 25.0 Å². The number of nitrogens with zero attached hydrogens (tertiary/aromatic N) is 4. The number of hydrogen-bond donors (Lipinski definition) is 2. The van der Waals surface area contributed by atoms with Gasteiger partial charge in [-0.05, 0) is 39.0 Å². The molecule has 9 heteroatoms. The first-order valence-electron chi connectivity index (χ1n) is 10.1. The zero-order valence-electron chi connectivity index (χ0n) is 16.8. The van der Waals surface area contributed by atoms with E-state index in [0.717, 1.165) is 50.2 Å². The smallest absolute Gasteiger partial charge is 0.325 e. The van der Waals surface area contributed by atoms with E-state index >= 15 is 0 Å². The molecule has 1 saturated heterocycles. The number of carbonyl (C=O) groups excluding carboxylic acids is 1. The number of nitrogens with one attached hydrogen (secondary N) is 2. The number of likely N-dealkylation sites (N-methyl/N-ethyl adjacent to an activating group) is 1. The molecule has 2 aromatic rings. The number of hydrogen-bond acceptors (Lipinski definition) is 6. The number of aromatic nitrogens is 4. The summed E-state index contributed by atoms with van der Waals surface area (Å²) in [5, 5.41) is 0. The molecule has 1 aliphatic heterocycles. The van der Waals surface area contributed by atoms with Crippen molar-refractivity contribution < 1.29 is 4.79 Å². The summed E-state index contributed by atoms with van der Waals surface area (Å²) in [6, 6.07) is 0.193. The van der Waals surface area contributed by atoms with Gasteiger partial charge in [0.15, 0.2) is 0 Å². The first-order chi connectivity index (χ1) is 13.9. The van der Waals surface area contributed by atoms with Crippen LogP contribution in [0.25, 0.3) is 0 Å². The van der Waals surface area contributed by atoms with Crippen LogP contribution in [-0.2, 0) is 24.1 Å². The molecule has 1 amide bonds. The molecule has 154 valence electrons. The Hall–Kier alpha value is -2.97. The number of amides is 1. The number of H-pyrrole nitrogens is 2. The Morgan fingerprint density at radius 2 is 2.07 bits per heavy atom. The average Bonchev–Trinajstić information content (AvgIpc) is 3.33. The van der Waals surface area contributed by atoms with Crippen LogP contribution in [0.1, 0.15) is 41.8 Å². The van der Waals surface area contributed by atoms with Gasteiger partial charge in [-0.25, -0.2) is 14.8 Å². The maximum Gasteiger partial charge on any atom is 0.325 e. The fraction of sp³-hybridized carbons (Fsp3) is 0.550. The molecule has 4 rings (SSSR count). The van der Waals surface area contributed by atoms with Crippen LogP contribution >= 0.6 is 0 Å². The van der Waals surface area contributed by atoms with Gasteiger partial charge in [0.05, 0.1) is 6.42 Å². The van der Waals surface area contributed by atoms with E-state index in [9.17, 15) is 14.4 Å². The Morgan fingerprint density at radius 1 is 1.24 bits per heavy atom. The predicted molar refractivity (Wildman–Crippen MR) is 108 cm³/mol. The van der Waals surface area contributed by atoms with E-state index in [1.807, 2.05) is 0 Å². The molecule has 1 unspecified atom stereocenters. The third-order valence-corrected chi connectivity index (χ3v) is 5.99. The van der Waals surface area contributed by atoms with E-state index in [0.29, 0.717) is 17.8 Å². The predicted octanol–water partition coefficient (Wildman–Crippen LogP) is 0.320. The summed E-state index contributed by atoms with van der Waals surface area (Å²) < 4.78 is 0. The molecule has 0 radical (unpaired) electrons. The molecule has 2 aliphatic rings. The van der Waals surface area contributed by atoms with Crippen LogP contribution < -0.4 is 16.1 Å². The lowest BCUT2D eigenvalue weighted by molar-refractivity contribution is -0.129. The van der Waals surface area contributed by atoms with E-state index in [1.165, 1.54) is 5.56 Å². The molecule has 9 nitrogen and oxygen atoms in total. The van der Waals surface area contributed by atoms with Crippen molar-refractivity contribution in [1.82, 2.24) is 24.8 Å². The molecule has 0 saturated carbocycles. The quantitative estimate of drug-likeness (QED) is 0.750. The highest BCUT2D eigenvalue weighted by atomic mass is 16.2. The molecule has 3 heterocycles. The van der Waals surface area contributed by atoms with Gasteiger partial charge in [-0.3, -0.25) is 14.6 Å². The maximum atomic E-state index is 12.8. The van der Waals surface area contributed by atoms with Crippen molar-refractivity contribution in [3.8, 4) is 0 Å². The Balaban J connectivity index is 1.47. The number of aromatic amines is 2. The van der Waals surface area contributed by atoms with Crippen LogP contribution in [0, 0.1) is 6.92 Å². The summed E-state index contributed by atoms with van der Waals surface area (Å²) >= 11 is 0. The summed E-state index contributed by atoms with van der Waals surface area (Å²) in [6.45, 7) is 3.13. The minimum absolute atomic E-state index is 0.0376. The van der Waals surface area contributed by atoms with Gasteiger partial charge in [0, 0.05) is 48.7 Å². The first kappa shape index (κ1) is 19.4. The fourth-order valence-corrected chi connectivity index (χ4v) is 4.44. The maximum absolute atomic E-state index is 12.8. The highest BCUT2D eigenvalue weighted by Crippen LogP contribution is 2.32. The molecule has 2 N–H and O–H groups in total. The Kier molecular flexibility index (Phi) is 5.21. The van der Waals surface area contributed by atoms with Crippen LogP contribution in [0.2, 0.25) is 0 Å². The van der Waals surface area contributed by atoms with Gasteiger partial charge in [0.2, 0.25) is 5.91 Å². The van der Waals surface area contributed by atoms with Gasteiger partial charge in [0.1, 0.15) is 12.1 Å². The van der Waals surface area contributed by atoms with Crippen molar-refractivity contribution in [2.45, 2.75) is 51.5 Å². The van der Waals surface area contributed by atoms with Gasteiger partial charge < -0.3 is 14.8 Å². The second-order valence-corrected chi connectivity index (χ2v) is 7.93. The highest BCUT2D eigenvalue weighted by molar-refractivity contribution is 5.78. The summed E-state index contributed by atoms with van der Waals surface area (Å²) in [5.74, 6) is 0.870. The SMILES string of the molecule is Cc1[nH]c(=O)[nH]c(=O)c1CC(=O)N(C)CC1CCCN1c1ncnc2c1CCC2. The van der Waals surface area contributed by atoms with Crippen molar-refractivity contribution in [3.05, 3.63) is 49.7 Å². The van der Waals surface area contributed by atoms with Crippen molar-refractivity contribution in [2.24, 2.45) is 0 Å². The second kappa shape index (κ2) is 7.81. The van der Waals surface area contributed by atoms with E-state index in [2.05, 4.69) is 24.8 Å². The lowest BCUT2D eigenvalue weighted by Gasteiger charge is -2.30. The number of aryl methyl sites for hydroxylation is 2. The molecule has 29 heavy (non-hydrogen) atoms. The molecule has 1 atom stereocenters. The van der Waals surface area contributed by atoms with Crippen molar-refractivity contribution in [1.29, 1.82) is 0 Å². The summed E-state index contributed by atoms with van der Waals surface area (Å²) in [6.07, 6.45) is 6.80. The normalized spacial score (nSPS) is 18.1. The molecule has 0 spiro atoms. The number of carbonyl (C=O) groups is 1. The molecule has 1 fully saturated rings. The van der Waals surface area contributed by atoms with E-state index in [4.69, 9.17) is 0 Å². The monoisotopic (exact) mass is 398 g/mol. The standard InChI is InChI=1S/C20H26N6O3/c1-12-15(19(28)24-20(29)23-12)9-17(27)25(2)10-13-5-4-8-26(13)18-14-6-3-7-16(14)21-11-22-18/h11,13H,3-10H2,1-2H3,(H2,23,24,28,29). The topological polar surface area (TPSA) is 115 Å². The number of fused-ring (bicyclic) bond motifs is 1. The van der Waals surface area contributed by atoms with Crippen LogP contribution in [0.4, 0.5) is 5.82 Å². The molecular formula is C20H26N6O3. The summed E-state index contributed by atoms with van der Waals surface area (Å²) in [4.78, 5) is 53.8. The van der Waals surface area contributed by atoms with E-state index in [-0.39, 0.29) is 18.4 Å². The van der Waals surface area contributed by atoms with Crippen molar-refractivity contribution in [3.63, 3.8) is 0 Å². The molecule has 0 bridgehead atoms. The zero-order valence-corrected chi connectivity index (χ0v) is 16.8.